The summed E-state index contributed by atoms with van der Waals surface area (Å²) >= 11 is 0. The first-order valence-corrected chi connectivity index (χ1v) is 9.72. The minimum Gasteiger partial charge on any atom is -0.497 e. The number of methoxy groups -OCH3 is 1. The molecule has 0 atom stereocenters. The van der Waals surface area contributed by atoms with Crippen LogP contribution in [0, 0.1) is 6.92 Å². The number of rotatable bonds is 6. The Bertz CT molecular complexity index is 1240. The molecule has 0 radical (unpaired) electrons. The summed E-state index contributed by atoms with van der Waals surface area (Å²) < 4.78 is 16.7. The lowest BCUT2D eigenvalue weighted by atomic mass is 10.00. The molecule has 0 aliphatic carbocycles. The van der Waals surface area contributed by atoms with Crippen molar-refractivity contribution in [3.05, 3.63) is 100 Å². The van der Waals surface area contributed by atoms with E-state index in [4.69, 9.17) is 13.9 Å². The molecule has 0 unspecified atom stereocenters. The third-order valence-corrected chi connectivity index (χ3v) is 4.96. The van der Waals surface area contributed by atoms with Gasteiger partial charge in [0.1, 0.15) is 23.7 Å². The zero-order valence-corrected chi connectivity index (χ0v) is 16.9. The molecule has 4 rings (SSSR count). The van der Waals surface area contributed by atoms with Crippen molar-refractivity contribution in [3.8, 4) is 22.6 Å². The highest BCUT2D eigenvalue weighted by Crippen LogP contribution is 2.33. The fourth-order valence-electron chi connectivity index (χ4n) is 3.39. The Kier molecular flexibility index (Phi) is 5.66. The molecule has 0 saturated carbocycles. The molecule has 0 N–H and O–H groups in total. The third-order valence-electron chi connectivity index (χ3n) is 4.96. The van der Waals surface area contributed by atoms with E-state index in [0.29, 0.717) is 17.9 Å². The number of aryl methyl sites for hydroxylation is 1. The average molecular weight is 398 g/mol. The molecule has 3 aromatic carbocycles. The van der Waals surface area contributed by atoms with E-state index in [1.807, 2.05) is 85.8 Å². The van der Waals surface area contributed by atoms with E-state index in [1.54, 1.807) is 7.11 Å². The molecular weight excluding hydrogens is 376 g/mol. The van der Waals surface area contributed by atoms with Crippen LogP contribution in [0.2, 0.25) is 0 Å². The van der Waals surface area contributed by atoms with Gasteiger partial charge in [-0.1, -0.05) is 48.5 Å². The van der Waals surface area contributed by atoms with Crippen molar-refractivity contribution in [2.24, 2.45) is 0 Å². The summed E-state index contributed by atoms with van der Waals surface area (Å²) in [4.78, 5) is 12.2. The zero-order valence-electron chi connectivity index (χ0n) is 16.9. The highest BCUT2D eigenvalue weighted by atomic mass is 16.5. The van der Waals surface area contributed by atoms with Gasteiger partial charge in [0.2, 0.25) is 0 Å². The number of hydrogen-bond donors (Lipinski definition) is 0. The van der Waals surface area contributed by atoms with Crippen LogP contribution in [-0.2, 0) is 0 Å². The zero-order chi connectivity index (χ0) is 20.9. The molecule has 1 aromatic heterocycles. The predicted octanol–water partition coefficient (Wildman–Crippen LogP) is 5.87. The fraction of sp³-hybridized carbons (Fsp3) is 0.115. The second-order valence-corrected chi connectivity index (χ2v) is 6.90. The predicted molar refractivity (Wildman–Crippen MR) is 120 cm³/mol. The number of hydrogen-bond acceptors (Lipinski definition) is 4. The minimum absolute atomic E-state index is 0.391. The lowest BCUT2D eigenvalue weighted by Gasteiger charge is -2.12. The van der Waals surface area contributed by atoms with E-state index in [1.165, 1.54) is 6.07 Å². The second-order valence-electron chi connectivity index (χ2n) is 6.90. The van der Waals surface area contributed by atoms with Crippen LogP contribution >= 0.6 is 0 Å². The Labute approximate surface area is 175 Å². The van der Waals surface area contributed by atoms with Gasteiger partial charge < -0.3 is 13.9 Å². The largest absolute Gasteiger partial charge is 0.497 e. The van der Waals surface area contributed by atoms with Gasteiger partial charge >= 0.3 is 5.63 Å². The Morgan fingerprint density at radius 3 is 2.47 bits per heavy atom. The Morgan fingerprint density at radius 1 is 0.967 bits per heavy atom. The van der Waals surface area contributed by atoms with Gasteiger partial charge in [0.25, 0.3) is 0 Å². The van der Waals surface area contributed by atoms with Crippen molar-refractivity contribution in [1.29, 1.82) is 0 Å². The van der Waals surface area contributed by atoms with E-state index in [0.717, 1.165) is 33.4 Å². The van der Waals surface area contributed by atoms with Crippen LogP contribution in [0.1, 0.15) is 11.1 Å². The van der Waals surface area contributed by atoms with E-state index in [-0.39, 0.29) is 0 Å². The quantitative estimate of drug-likeness (QED) is 0.381. The molecule has 0 fully saturated rings. The van der Waals surface area contributed by atoms with Gasteiger partial charge in [-0.25, -0.2) is 4.79 Å². The molecular formula is C26H22O4. The molecule has 0 bridgehead atoms. The van der Waals surface area contributed by atoms with Crippen molar-refractivity contribution in [1.82, 2.24) is 0 Å². The molecule has 30 heavy (non-hydrogen) atoms. The summed E-state index contributed by atoms with van der Waals surface area (Å²) in [5, 5.41) is 0.865. The van der Waals surface area contributed by atoms with Crippen LogP contribution < -0.4 is 15.1 Å². The van der Waals surface area contributed by atoms with Gasteiger partial charge in [-0.2, -0.15) is 0 Å². The number of ether oxygens (including phenoxy) is 2. The molecule has 0 aliphatic heterocycles. The summed E-state index contributed by atoms with van der Waals surface area (Å²) in [7, 11) is 1.63. The van der Waals surface area contributed by atoms with Crippen molar-refractivity contribution in [2.45, 2.75) is 6.92 Å². The van der Waals surface area contributed by atoms with Crippen molar-refractivity contribution >= 4 is 17.0 Å². The topological polar surface area (TPSA) is 48.7 Å². The molecule has 4 nitrogen and oxygen atoms in total. The smallest absolute Gasteiger partial charge is 0.336 e. The SMILES string of the molecule is COc1ccc(-c2cc(=O)oc3c(C)c(OCC=Cc4ccccc4)ccc23)cc1. The summed E-state index contributed by atoms with van der Waals surface area (Å²) in [6.45, 7) is 2.32. The van der Waals surface area contributed by atoms with Crippen LogP contribution in [-0.4, -0.2) is 13.7 Å². The maximum absolute atomic E-state index is 12.2. The summed E-state index contributed by atoms with van der Waals surface area (Å²) in [6, 6.07) is 23.0. The summed E-state index contributed by atoms with van der Waals surface area (Å²) in [5.74, 6) is 1.46. The highest BCUT2D eigenvalue weighted by Gasteiger charge is 2.13. The molecule has 0 saturated heterocycles. The minimum atomic E-state index is -0.391. The molecule has 4 aromatic rings. The Hall–Kier alpha value is -3.79. The van der Waals surface area contributed by atoms with Gasteiger partial charge in [0.15, 0.2) is 0 Å². The van der Waals surface area contributed by atoms with Gasteiger partial charge in [-0.3, -0.25) is 0 Å². The first kappa shape index (κ1) is 19.5. The first-order chi connectivity index (χ1) is 14.7. The first-order valence-electron chi connectivity index (χ1n) is 9.72. The Balaban J connectivity index is 1.63. The molecule has 0 aliphatic rings. The average Bonchev–Trinajstić information content (AvgIpc) is 2.78. The number of benzene rings is 3. The van der Waals surface area contributed by atoms with Crippen molar-refractivity contribution < 1.29 is 13.9 Å². The lowest BCUT2D eigenvalue weighted by molar-refractivity contribution is 0.360. The van der Waals surface area contributed by atoms with E-state index in [2.05, 4.69) is 0 Å². The van der Waals surface area contributed by atoms with Crippen LogP contribution in [0.3, 0.4) is 0 Å². The van der Waals surface area contributed by atoms with E-state index >= 15 is 0 Å². The van der Waals surface area contributed by atoms with Crippen LogP contribution in [0.15, 0.2) is 88.1 Å². The molecule has 150 valence electrons. The highest BCUT2D eigenvalue weighted by molar-refractivity contribution is 5.95. The van der Waals surface area contributed by atoms with Gasteiger partial charge in [0.05, 0.1) is 7.11 Å². The van der Waals surface area contributed by atoms with E-state index in [9.17, 15) is 4.79 Å². The second kappa shape index (κ2) is 8.70. The molecule has 4 heteroatoms. The standard InChI is InChI=1S/C26H22O4/c1-18-24(29-16-6-9-19-7-4-3-5-8-19)15-14-22-23(17-25(27)30-26(18)22)20-10-12-21(28-2)13-11-20/h3-15,17H,16H2,1-2H3. The van der Waals surface area contributed by atoms with Gasteiger partial charge in [0, 0.05) is 17.0 Å². The third kappa shape index (κ3) is 4.13. The number of fused-ring (bicyclic) bond motifs is 1. The van der Waals surface area contributed by atoms with Gasteiger partial charge in [-0.15, -0.1) is 0 Å². The van der Waals surface area contributed by atoms with Gasteiger partial charge in [-0.05, 0) is 54.0 Å². The fourth-order valence-corrected chi connectivity index (χ4v) is 3.39. The van der Waals surface area contributed by atoms with Crippen LogP contribution in [0.4, 0.5) is 0 Å². The van der Waals surface area contributed by atoms with Crippen LogP contribution in [0.5, 0.6) is 11.5 Å². The Morgan fingerprint density at radius 2 is 1.73 bits per heavy atom. The monoisotopic (exact) mass is 398 g/mol. The molecule has 0 amide bonds. The normalized spacial score (nSPS) is 11.1. The van der Waals surface area contributed by atoms with Crippen molar-refractivity contribution in [2.75, 3.05) is 13.7 Å². The summed E-state index contributed by atoms with van der Waals surface area (Å²) in [6.07, 6.45) is 3.97. The maximum Gasteiger partial charge on any atom is 0.336 e. The van der Waals surface area contributed by atoms with Crippen LogP contribution in [0.25, 0.3) is 28.2 Å². The summed E-state index contributed by atoms with van der Waals surface area (Å²) in [5.41, 5.74) is 3.81. The maximum atomic E-state index is 12.2. The molecule has 1 heterocycles. The molecule has 0 spiro atoms. The van der Waals surface area contributed by atoms with E-state index < -0.39 is 5.63 Å². The lowest BCUT2D eigenvalue weighted by Crippen LogP contribution is -2.01. The van der Waals surface area contributed by atoms with Crippen molar-refractivity contribution in [3.63, 3.8) is 0 Å².